The van der Waals surface area contributed by atoms with Gasteiger partial charge in [-0.2, -0.15) is 5.10 Å². The lowest BCUT2D eigenvalue weighted by molar-refractivity contribution is -0.133. The Hall–Kier alpha value is -1.71. The first-order valence-electron chi connectivity index (χ1n) is 8.43. The molecule has 0 bridgehead atoms. The first-order valence-corrected chi connectivity index (χ1v) is 10.8. The second-order valence-corrected chi connectivity index (χ2v) is 10.5. The SMILES string of the molecule is Cn1cc([C@@H]2[C@@H](CNS(=O)(=O)c3cccs3)CC(=O)N2C(C)(C)C)cn1. The molecule has 0 spiro atoms. The average Bonchev–Trinajstić information content (AvgIpc) is 3.23. The van der Waals surface area contributed by atoms with E-state index in [2.05, 4.69) is 9.82 Å². The van der Waals surface area contributed by atoms with Gasteiger partial charge in [0, 0.05) is 43.2 Å². The zero-order chi connectivity index (χ0) is 19.1. The van der Waals surface area contributed by atoms with Gasteiger partial charge in [-0.1, -0.05) is 6.07 Å². The Morgan fingerprint density at radius 3 is 2.65 bits per heavy atom. The number of rotatable bonds is 5. The van der Waals surface area contributed by atoms with Crippen LogP contribution in [0.3, 0.4) is 0 Å². The Balaban J connectivity index is 1.86. The fourth-order valence-corrected chi connectivity index (χ4v) is 5.63. The number of nitrogens with one attached hydrogen (secondary N) is 1. The highest BCUT2D eigenvalue weighted by molar-refractivity contribution is 7.91. The van der Waals surface area contributed by atoms with Crippen molar-refractivity contribution in [2.75, 3.05) is 6.54 Å². The quantitative estimate of drug-likeness (QED) is 0.839. The average molecular weight is 397 g/mol. The van der Waals surface area contributed by atoms with Crippen molar-refractivity contribution in [3.63, 3.8) is 0 Å². The van der Waals surface area contributed by atoms with Crippen LogP contribution in [0.2, 0.25) is 0 Å². The van der Waals surface area contributed by atoms with Crippen molar-refractivity contribution >= 4 is 27.3 Å². The second-order valence-electron chi connectivity index (χ2n) is 7.57. The lowest BCUT2D eigenvalue weighted by Crippen LogP contribution is -2.44. The summed E-state index contributed by atoms with van der Waals surface area (Å²) in [7, 11) is -1.73. The Morgan fingerprint density at radius 1 is 1.38 bits per heavy atom. The lowest BCUT2D eigenvalue weighted by Gasteiger charge is -2.38. The van der Waals surface area contributed by atoms with Crippen LogP contribution in [0.4, 0.5) is 0 Å². The number of thiophene rings is 1. The van der Waals surface area contributed by atoms with Crippen LogP contribution in [-0.4, -0.2) is 41.1 Å². The molecule has 3 rings (SSSR count). The van der Waals surface area contributed by atoms with E-state index in [9.17, 15) is 13.2 Å². The molecule has 26 heavy (non-hydrogen) atoms. The van der Waals surface area contributed by atoms with Gasteiger partial charge < -0.3 is 4.90 Å². The number of hydrogen-bond donors (Lipinski definition) is 1. The van der Waals surface area contributed by atoms with E-state index in [0.717, 1.165) is 5.56 Å². The van der Waals surface area contributed by atoms with Crippen molar-refractivity contribution in [2.45, 2.75) is 43.0 Å². The maximum absolute atomic E-state index is 12.7. The molecule has 0 aromatic carbocycles. The molecule has 0 aliphatic carbocycles. The van der Waals surface area contributed by atoms with Crippen molar-refractivity contribution in [1.82, 2.24) is 19.4 Å². The van der Waals surface area contributed by atoms with E-state index < -0.39 is 10.0 Å². The minimum atomic E-state index is -3.56. The standard InChI is InChI=1S/C17H24N4O3S2/c1-17(2,3)21-14(22)8-12(16(21)13-9-18-20(4)11-13)10-19-26(23,24)15-6-5-7-25-15/h5-7,9,11-12,16,19H,8,10H2,1-4H3/t12-,16+/m1/s1. The smallest absolute Gasteiger partial charge is 0.250 e. The van der Waals surface area contributed by atoms with Gasteiger partial charge in [0.2, 0.25) is 15.9 Å². The number of carbonyl (C=O) groups is 1. The predicted octanol–water partition coefficient (Wildman–Crippen LogP) is 2.15. The van der Waals surface area contributed by atoms with Crippen molar-refractivity contribution < 1.29 is 13.2 Å². The van der Waals surface area contributed by atoms with Crippen LogP contribution < -0.4 is 4.72 Å². The Bertz CT molecular complexity index is 882. The molecule has 1 amide bonds. The van der Waals surface area contributed by atoms with Crippen LogP contribution in [0.5, 0.6) is 0 Å². The number of likely N-dealkylation sites (tertiary alicyclic amines) is 1. The highest BCUT2D eigenvalue weighted by Crippen LogP contribution is 2.42. The van der Waals surface area contributed by atoms with E-state index >= 15 is 0 Å². The molecule has 9 heteroatoms. The van der Waals surface area contributed by atoms with Gasteiger partial charge in [-0.3, -0.25) is 9.48 Å². The van der Waals surface area contributed by atoms with Gasteiger partial charge in [0.05, 0.1) is 12.2 Å². The summed E-state index contributed by atoms with van der Waals surface area (Å²) in [6.07, 6.45) is 3.95. The van der Waals surface area contributed by atoms with Gasteiger partial charge in [0.1, 0.15) is 4.21 Å². The molecular weight excluding hydrogens is 372 g/mol. The Labute approximate surface area is 158 Å². The third kappa shape index (κ3) is 3.70. The van der Waals surface area contributed by atoms with E-state index in [1.807, 2.05) is 38.9 Å². The Kier molecular flexibility index (Phi) is 4.98. The molecule has 2 atom stereocenters. The summed E-state index contributed by atoms with van der Waals surface area (Å²) in [5, 5.41) is 5.96. The number of hydrogen-bond acceptors (Lipinski definition) is 5. The summed E-state index contributed by atoms with van der Waals surface area (Å²) in [5.74, 6) is -0.118. The molecule has 0 radical (unpaired) electrons. The summed E-state index contributed by atoms with van der Waals surface area (Å²) in [6.45, 7) is 6.18. The first-order chi connectivity index (χ1) is 12.1. The largest absolute Gasteiger partial charge is 0.330 e. The van der Waals surface area contributed by atoms with Gasteiger partial charge in [0.15, 0.2) is 0 Å². The molecule has 1 aliphatic rings. The van der Waals surface area contributed by atoms with Crippen LogP contribution in [0.1, 0.15) is 38.8 Å². The van der Waals surface area contributed by atoms with Gasteiger partial charge in [-0.05, 0) is 32.2 Å². The van der Waals surface area contributed by atoms with Crippen molar-refractivity contribution in [1.29, 1.82) is 0 Å². The summed E-state index contributed by atoms with van der Waals surface area (Å²) in [5.41, 5.74) is 0.562. The minimum Gasteiger partial charge on any atom is -0.330 e. The zero-order valence-corrected chi connectivity index (χ0v) is 17.0. The van der Waals surface area contributed by atoms with Crippen molar-refractivity contribution in [3.05, 3.63) is 35.5 Å². The minimum absolute atomic E-state index is 0.0340. The van der Waals surface area contributed by atoms with E-state index in [1.54, 1.807) is 28.4 Å². The molecule has 142 valence electrons. The second kappa shape index (κ2) is 6.79. The number of amides is 1. The van der Waals surface area contributed by atoms with E-state index in [4.69, 9.17) is 0 Å². The summed E-state index contributed by atoms with van der Waals surface area (Å²) >= 11 is 1.18. The molecule has 0 unspecified atom stereocenters. The van der Waals surface area contributed by atoms with Crippen LogP contribution in [0.25, 0.3) is 0 Å². The van der Waals surface area contributed by atoms with Gasteiger partial charge in [-0.15, -0.1) is 11.3 Å². The van der Waals surface area contributed by atoms with Crippen LogP contribution in [0.15, 0.2) is 34.1 Å². The highest BCUT2D eigenvalue weighted by Gasteiger charge is 2.46. The number of nitrogens with zero attached hydrogens (tertiary/aromatic N) is 3. The van der Waals surface area contributed by atoms with Gasteiger partial charge >= 0.3 is 0 Å². The van der Waals surface area contributed by atoms with Crippen LogP contribution in [-0.2, 0) is 21.9 Å². The molecule has 1 N–H and O–H groups in total. The monoisotopic (exact) mass is 396 g/mol. The fraction of sp³-hybridized carbons (Fsp3) is 0.529. The predicted molar refractivity (Wildman–Crippen MR) is 100 cm³/mol. The molecule has 7 nitrogen and oxygen atoms in total. The third-order valence-electron chi connectivity index (χ3n) is 4.51. The normalized spacial score (nSPS) is 21.5. The summed E-state index contributed by atoms with van der Waals surface area (Å²) in [6, 6.07) is 3.08. The molecule has 1 aliphatic heterocycles. The molecule has 3 heterocycles. The lowest BCUT2D eigenvalue weighted by atomic mass is 9.93. The van der Waals surface area contributed by atoms with Crippen molar-refractivity contribution in [3.8, 4) is 0 Å². The molecule has 1 saturated heterocycles. The molecular formula is C17H24N4O3S2. The maximum Gasteiger partial charge on any atom is 0.250 e. The first kappa shape index (κ1) is 19.1. The molecule has 2 aromatic heterocycles. The maximum atomic E-state index is 12.7. The van der Waals surface area contributed by atoms with E-state index in [0.29, 0.717) is 6.42 Å². The van der Waals surface area contributed by atoms with Crippen LogP contribution >= 0.6 is 11.3 Å². The number of carbonyl (C=O) groups excluding carboxylic acids is 1. The number of aryl methyl sites for hydroxylation is 1. The van der Waals surface area contributed by atoms with Gasteiger partial charge in [-0.25, -0.2) is 13.1 Å². The third-order valence-corrected chi connectivity index (χ3v) is 7.34. The van der Waals surface area contributed by atoms with E-state index in [1.165, 1.54) is 11.3 Å². The zero-order valence-electron chi connectivity index (χ0n) is 15.3. The highest BCUT2D eigenvalue weighted by atomic mass is 32.2. The number of sulfonamides is 1. The fourth-order valence-electron chi connectivity index (χ4n) is 3.49. The van der Waals surface area contributed by atoms with Crippen LogP contribution in [0, 0.1) is 5.92 Å². The number of aromatic nitrogens is 2. The summed E-state index contributed by atoms with van der Waals surface area (Å²) in [4.78, 5) is 14.6. The Morgan fingerprint density at radius 2 is 2.12 bits per heavy atom. The summed E-state index contributed by atoms with van der Waals surface area (Å²) < 4.78 is 29.5. The van der Waals surface area contributed by atoms with E-state index in [-0.39, 0.29) is 34.2 Å². The molecule has 1 fully saturated rings. The topological polar surface area (TPSA) is 84.3 Å². The molecule has 0 saturated carbocycles. The van der Waals surface area contributed by atoms with Gasteiger partial charge in [0.25, 0.3) is 0 Å². The van der Waals surface area contributed by atoms with Crippen molar-refractivity contribution in [2.24, 2.45) is 13.0 Å². The molecule has 2 aromatic rings.